The lowest BCUT2D eigenvalue weighted by Gasteiger charge is -2.30. The minimum absolute atomic E-state index is 0.262. The van der Waals surface area contributed by atoms with Gasteiger partial charge in [0.1, 0.15) is 0 Å². The van der Waals surface area contributed by atoms with Crippen LogP contribution in [-0.4, -0.2) is 72.3 Å². The number of hydrogen-bond donors (Lipinski definition) is 2. The van der Waals surface area contributed by atoms with Crippen LogP contribution in [0.25, 0.3) is 0 Å². The van der Waals surface area contributed by atoms with E-state index in [2.05, 4.69) is 37.1 Å². The van der Waals surface area contributed by atoms with Gasteiger partial charge in [0.25, 0.3) is 0 Å². The summed E-state index contributed by atoms with van der Waals surface area (Å²) < 4.78 is 5.35. The quantitative estimate of drug-likeness (QED) is 0.791. The van der Waals surface area contributed by atoms with Crippen LogP contribution < -0.4 is 16.0 Å². The number of nitrogens with zero attached hydrogens (tertiary/aromatic N) is 5. The monoisotopic (exact) mass is 293 g/mol. The Hall–Kier alpha value is -1.67. The van der Waals surface area contributed by atoms with Crippen LogP contribution in [0.4, 0.5) is 17.8 Å². The van der Waals surface area contributed by atoms with E-state index < -0.39 is 0 Å². The summed E-state index contributed by atoms with van der Waals surface area (Å²) in [6.07, 6.45) is 2.31. The van der Waals surface area contributed by atoms with Gasteiger partial charge in [-0.05, 0) is 26.4 Å². The van der Waals surface area contributed by atoms with Crippen molar-refractivity contribution in [2.45, 2.75) is 18.9 Å². The number of nitrogens with one attached hydrogen (secondary N) is 1. The lowest BCUT2D eigenvalue weighted by molar-refractivity contribution is 0.122. The molecule has 0 radical (unpaired) electrons. The van der Waals surface area contributed by atoms with E-state index >= 15 is 0 Å². The van der Waals surface area contributed by atoms with E-state index in [4.69, 9.17) is 10.5 Å². The zero-order valence-corrected chi connectivity index (χ0v) is 12.5. The SMILES string of the molecule is CN1CCCC(Nc2nc(N)nc(N3CCOCC3)n2)C1. The van der Waals surface area contributed by atoms with E-state index in [0.717, 1.165) is 32.6 Å². The number of aromatic nitrogens is 3. The van der Waals surface area contributed by atoms with Crippen LogP contribution in [0.2, 0.25) is 0 Å². The highest BCUT2D eigenvalue weighted by molar-refractivity contribution is 5.42. The summed E-state index contributed by atoms with van der Waals surface area (Å²) in [4.78, 5) is 17.4. The molecule has 2 aliphatic heterocycles. The maximum absolute atomic E-state index is 5.83. The van der Waals surface area contributed by atoms with Crippen molar-refractivity contribution in [2.75, 3.05) is 62.4 Å². The number of piperidine rings is 1. The van der Waals surface area contributed by atoms with Gasteiger partial charge >= 0.3 is 0 Å². The maximum Gasteiger partial charge on any atom is 0.232 e. The third-order valence-corrected chi connectivity index (χ3v) is 3.89. The van der Waals surface area contributed by atoms with Gasteiger partial charge < -0.3 is 25.6 Å². The Morgan fingerprint density at radius 1 is 1.19 bits per heavy atom. The fraction of sp³-hybridized carbons (Fsp3) is 0.769. The highest BCUT2D eigenvalue weighted by atomic mass is 16.5. The lowest BCUT2D eigenvalue weighted by Crippen LogP contribution is -2.40. The predicted octanol–water partition coefficient (Wildman–Crippen LogP) is -0.203. The van der Waals surface area contributed by atoms with Gasteiger partial charge in [-0.2, -0.15) is 15.0 Å². The summed E-state index contributed by atoms with van der Waals surface area (Å²) >= 11 is 0. The van der Waals surface area contributed by atoms with Crippen LogP contribution in [0.15, 0.2) is 0 Å². The van der Waals surface area contributed by atoms with Crippen molar-refractivity contribution in [3.63, 3.8) is 0 Å². The zero-order valence-electron chi connectivity index (χ0n) is 12.5. The van der Waals surface area contributed by atoms with Gasteiger partial charge in [0, 0.05) is 25.7 Å². The zero-order chi connectivity index (χ0) is 14.7. The van der Waals surface area contributed by atoms with E-state index in [1.165, 1.54) is 6.42 Å². The molecule has 2 aliphatic rings. The van der Waals surface area contributed by atoms with E-state index in [1.807, 2.05) is 0 Å². The first-order chi connectivity index (χ1) is 10.2. The average Bonchev–Trinajstić information content (AvgIpc) is 2.47. The van der Waals surface area contributed by atoms with E-state index in [-0.39, 0.29) is 5.95 Å². The van der Waals surface area contributed by atoms with Crippen LogP contribution >= 0.6 is 0 Å². The van der Waals surface area contributed by atoms with Gasteiger partial charge in [0.05, 0.1) is 13.2 Å². The Morgan fingerprint density at radius 2 is 2.00 bits per heavy atom. The first-order valence-corrected chi connectivity index (χ1v) is 7.50. The molecule has 8 heteroatoms. The van der Waals surface area contributed by atoms with Crippen molar-refractivity contribution in [1.29, 1.82) is 0 Å². The van der Waals surface area contributed by atoms with Crippen molar-refractivity contribution in [3.8, 4) is 0 Å². The van der Waals surface area contributed by atoms with Crippen molar-refractivity contribution in [2.24, 2.45) is 0 Å². The molecule has 3 rings (SSSR count). The van der Waals surface area contributed by atoms with Crippen molar-refractivity contribution in [1.82, 2.24) is 19.9 Å². The molecular weight excluding hydrogens is 270 g/mol. The Morgan fingerprint density at radius 3 is 2.76 bits per heavy atom. The van der Waals surface area contributed by atoms with Gasteiger partial charge in [0.2, 0.25) is 17.8 Å². The molecule has 0 saturated carbocycles. The molecular formula is C13H23N7O. The third kappa shape index (κ3) is 3.70. The number of likely N-dealkylation sites (tertiary alicyclic amines) is 1. The summed E-state index contributed by atoms with van der Waals surface area (Å²) in [7, 11) is 2.13. The molecule has 0 bridgehead atoms. The molecule has 0 spiro atoms. The van der Waals surface area contributed by atoms with Crippen LogP contribution in [0, 0.1) is 0 Å². The summed E-state index contributed by atoms with van der Waals surface area (Å²) in [5.74, 6) is 1.47. The molecule has 2 saturated heterocycles. The molecule has 0 aromatic carbocycles. The highest BCUT2D eigenvalue weighted by Gasteiger charge is 2.20. The first-order valence-electron chi connectivity index (χ1n) is 7.50. The largest absolute Gasteiger partial charge is 0.378 e. The van der Waals surface area contributed by atoms with Crippen LogP contribution in [0.1, 0.15) is 12.8 Å². The van der Waals surface area contributed by atoms with Gasteiger partial charge in [-0.25, -0.2) is 0 Å². The number of nitrogen functional groups attached to an aromatic ring is 1. The number of likely N-dealkylation sites (N-methyl/N-ethyl adjacent to an activating group) is 1. The number of hydrogen-bond acceptors (Lipinski definition) is 8. The van der Waals surface area contributed by atoms with Gasteiger partial charge in [-0.1, -0.05) is 0 Å². The molecule has 116 valence electrons. The smallest absolute Gasteiger partial charge is 0.232 e. The van der Waals surface area contributed by atoms with E-state index in [0.29, 0.717) is 31.2 Å². The molecule has 1 aromatic rings. The second kappa shape index (κ2) is 6.40. The molecule has 21 heavy (non-hydrogen) atoms. The van der Waals surface area contributed by atoms with Gasteiger partial charge in [-0.3, -0.25) is 0 Å². The number of rotatable bonds is 3. The van der Waals surface area contributed by atoms with E-state index in [9.17, 15) is 0 Å². The average molecular weight is 293 g/mol. The summed E-state index contributed by atoms with van der Waals surface area (Å²) in [6, 6.07) is 0.364. The standard InChI is InChI=1S/C13H23N7O/c1-19-4-2-3-10(9-19)15-12-16-11(14)17-13(18-12)20-5-7-21-8-6-20/h10H,2-9H2,1H3,(H3,14,15,16,17,18). The molecule has 0 aliphatic carbocycles. The molecule has 1 unspecified atom stereocenters. The number of ether oxygens (including phenoxy) is 1. The fourth-order valence-electron chi connectivity index (χ4n) is 2.82. The number of morpholine rings is 1. The van der Waals surface area contributed by atoms with Crippen molar-refractivity contribution < 1.29 is 4.74 Å². The first kappa shape index (κ1) is 14.3. The molecule has 1 atom stereocenters. The molecule has 3 heterocycles. The van der Waals surface area contributed by atoms with Crippen LogP contribution in [-0.2, 0) is 4.74 Å². The summed E-state index contributed by atoms with van der Waals surface area (Å²) in [6.45, 7) is 5.11. The highest BCUT2D eigenvalue weighted by Crippen LogP contribution is 2.16. The molecule has 2 fully saturated rings. The third-order valence-electron chi connectivity index (χ3n) is 3.89. The number of anilines is 3. The van der Waals surface area contributed by atoms with Gasteiger partial charge in [0.15, 0.2) is 0 Å². The molecule has 1 aromatic heterocycles. The van der Waals surface area contributed by atoms with E-state index in [1.54, 1.807) is 0 Å². The second-order valence-corrected chi connectivity index (χ2v) is 5.66. The van der Waals surface area contributed by atoms with Crippen molar-refractivity contribution >= 4 is 17.8 Å². The minimum Gasteiger partial charge on any atom is -0.378 e. The predicted molar refractivity (Wildman–Crippen MR) is 81.4 cm³/mol. The topological polar surface area (TPSA) is 92.4 Å². The summed E-state index contributed by atoms with van der Waals surface area (Å²) in [5.41, 5.74) is 5.83. The lowest BCUT2D eigenvalue weighted by atomic mass is 10.1. The Balaban J connectivity index is 1.71. The molecule has 3 N–H and O–H groups in total. The maximum atomic E-state index is 5.83. The van der Waals surface area contributed by atoms with Crippen LogP contribution in [0.3, 0.4) is 0 Å². The molecule has 8 nitrogen and oxygen atoms in total. The van der Waals surface area contributed by atoms with Crippen LogP contribution in [0.5, 0.6) is 0 Å². The second-order valence-electron chi connectivity index (χ2n) is 5.66. The normalized spacial score (nSPS) is 24.0. The Kier molecular flexibility index (Phi) is 4.35. The fourth-order valence-corrected chi connectivity index (χ4v) is 2.82. The molecule has 0 amide bonds. The minimum atomic E-state index is 0.262. The van der Waals surface area contributed by atoms with Gasteiger partial charge in [-0.15, -0.1) is 0 Å². The van der Waals surface area contributed by atoms with Crippen molar-refractivity contribution in [3.05, 3.63) is 0 Å². The summed E-state index contributed by atoms with van der Waals surface area (Å²) in [5, 5.41) is 3.39. The Labute approximate surface area is 124 Å². The Bertz CT molecular complexity index is 478. The number of nitrogens with two attached hydrogens (primary N) is 1.